The molecule has 4 N–H and O–H groups in total. The van der Waals surface area contributed by atoms with Crippen LogP contribution < -0.4 is 16.4 Å². The van der Waals surface area contributed by atoms with E-state index in [1.807, 2.05) is 26.8 Å². The van der Waals surface area contributed by atoms with Crippen molar-refractivity contribution < 1.29 is 4.79 Å². The molecule has 0 saturated heterocycles. The highest BCUT2D eigenvalue weighted by Crippen LogP contribution is 2.18. The molecule has 1 heterocycles. The summed E-state index contributed by atoms with van der Waals surface area (Å²) >= 11 is 0. The highest BCUT2D eigenvalue weighted by Gasteiger charge is 2.06. The van der Waals surface area contributed by atoms with Crippen LogP contribution in [0.25, 0.3) is 0 Å². The molecule has 0 fully saturated rings. The Morgan fingerprint density at radius 2 is 2.28 bits per heavy atom. The second-order valence-electron chi connectivity index (χ2n) is 4.44. The number of carbonyl (C=O) groups is 1. The molecule has 1 aromatic heterocycles. The van der Waals surface area contributed by atoms with E-state index < -0.39 is 0 Å². The summed E-state index contributed by atoms with van der Waals surface area (Å²) in [4.78, 5) is 15.7. The molecule has 0 aliphatic heterocycles. The molecule has 0 aliphatic carbocycles. The molecule has 0 aliphatic rings. The van der Waals surface area contributed by atoms with Gasteiger partial charge in [0.05, 0.1) is 5.69 Å². The number of nitrogens with zero attached hydrogens (tertiary/aromatic N) is 1. The largest absolute Gasteiger partial charge is 0.396 e. The minimum absolute atomic E-state index is 0.0445. The van der Waals surface area contributed by atoms with Gasteiger partial charge in [0.15, 0.2) is 0 Å². The molecule has 1 unspecified atom stereocenters. The molecule has 0 aromatic carbocycles. The molecule has 100 valence electrons. The molecular formula is C13H22N4O. The average molecular weight is 250 g/mol. The van der Waals surface area contributed by atoms with E-state index in [9.17, 15) is 4.79 Å². The van der Waals surface area contributed by atoms with Crippen LogP contribution in [0.1, 0.15) is 32.3 Å². The number of rotatable bonds is 6. The Balaban J connectivity index is 2.38. The zero-order valence-electron chi connectivity index (χ0n) is 11.3. The highest BCUT2D eigenvalue weighted by molar-refractivity contribution is 5.77. The first-order valence-corrected chi connectivity index (χ1v) is 6.29. The topological polar surface area (TPSA) is 80.0 Å². The molecule has 1 rings (SSSR count). The van der Waals surface area contributed by atoms with Crippen molar-refractivity contribution in [3.05, 3.63) is 17.8 Å². The molecule has 1 amide bonds. The number of hydrogen-bond acceptors (Lipinski definition) is 4. The van der Waals surface area contributed by atoms with Crippen molar-refractivity contribution in [2.45, 2.75) is 39.7 Å². The van der Waals surface area contributed by atoms with Crippen LogP contribution in [0.3, 0.4) is 0 Å². The summed E-state index contributed by atoms with van der Waals surface area (Å²) in [7, 11) is 0. The lowest BCUT2D eigenvalue weighted by molar-refractivity contribution is -0.121. The third-order valence-corrected chi connectivity index (χ3v) is 2.87. The maximum Gasteiger partial charge on any atom is 0.221 e. The summed E-state index contributed by atoms with van der Waals surface area (Å²) in [6.45, 7) is 6.49. The molecule has 1 aromatic rings. The molecule has 0 bridgehead atoms. The zero-order chi connectivity index (χ0) is 13.5. The van der Waals surface area contributed by atoms with Gasteiger partial charge in [0.25, 0.3) is 0 Å². The smallest absolute Gasteiger partial charge is 0.221 e. The third-order valence-electron chi connectivity index (χ3n) is 2.87. The molecule has 0 spiro atoms. The van der Waals surface area contributed by atoms with E-state index in [2.05, 4.69) is 15.6 Å². The minimum Gasteiger partial charge on any atom is -0.396 e. The molecule has 5 heteroatoms. The number of carbonyl (C=O) groups excluding carboxylic acids is 1. The van der Waals surface area contributed by atoms with E-state index in [1.54, 1.807) is 6.20 Å². The van der Waals surface area contributed by atoms with Crippen LogP contribution in [-0.4, -0.2) is 23.5 Å². The lowest BCUT2D eigenvalue weighted by Gasteiger charge is -2.12. The van der Waals surface area contributed by atoms with Gasteiger partial charge in [-0.05, 0) is 31.9 Å². The number of nitrogens with two attached hydrogens (primary N) is 1. The Hall–Kier alpha value is -1.78. The zero-order valence-corrected chi connectivity index (χ0v) is 11.3. The first-order chi connectivity index (χ1) is 8.54. The van der Waals surface area contributed by atoms with Gasteiger partial charge < -0.3 is 16.4 Å². The number of nitrogens with one attached hydrogen (secondary N) is 2. The Morgan fingerprint density at radius 3 is 2.94 bits per heavy atom. The number of pyridine rings is 1. The predicted octanol–water partition coefficient (Wildman–Crippen LogP) is 1.69. The van der Waals surface area contributed by atoms with Crippen molar-refractivity contribution >= 4 is 17.4 Å². The predicted molar refractivity (Wildman–Crippen MR) is 74.4 cm³/mol. The quantitative estimate of drug-likeness (QED) is 0.717. The fourth-order valence-corrected chi connectivity index (χ4v) is 1.45. The van der Waals surface area contributed by atoms with Crippen molar-refractivity contribution in [3.63, 3.8) is 0 Å². The van der Waals surface area contributed by atoms with Crippen LogP contribution in [0.5, 0.6) is 0 Å². The van der Waals surface area contributed by atoms with Crippen molar-refractivity contribution in [1.29, 1.82) is 0 Å². The maximum atomic E-state index is 11.6. The number of amides is 1. The molecule has 18 heavy (non-hydrogen) atoms. The van der Waals surface area contributed by atoms with E-state index in [-0.39, 0.29) is 11.9 Å². The number of aromatic nitrogens is 1. The van der Waals surface area contributed by atoms with Crippen LogP contribution in [-0.2, 0) is 4.79 Å². The van der Waals surface area contributed by atoms with Crippen LogP contribution in [0.2, 0.25) is 0 Å². The van der Waals surface area contributed by atoms with Crippen molar-refractivity contribution in [2.75, 3.05) is 17.6 Å². The first-order valence-electron chi connectivity index (χ1n) is 6.29. The summed E-state index contributed by atoms with van der Waals surface area (Å²) < 4.78 is 0. The molecule has 0 radical (unpaired) electrons. The Bertz CT molecular complexity index is 406. The van der Waals surface area contributed by atoms with E-state index >= 15 is 0 Å². The monoisotopic (exact) mass is 250 g/mol. The van der Waals surface area contributed by atoms with E-state index in [0.717, 1.165) is 12.0 Å². The highest BCUT2D eigenvalue weighted by atomic mass is 16.1. The Kier molecular flexibility index (Phi) is 5.42. The summed E-state index contributed by atoms with van der Waals surface area (Å²) in [5.41, 5.74) is 7.50. The summed E-state index contributed by atoms with van der Waals surface area (Å²) in [6.07, 6.45) is 3.05. The maximum absolute atomic E-state index is 11.6. The van der Waals surface area contributed by atoms with E-state index in [1.165, 1.54) is 0 Å². The second kappa shape index (κ2) is 6.83. The van der Waals surface area contributed by atoms with Gasteiger partial charge in [0.1, 0.15) is 5.82 Å². The van der Waals surface area contributed by atoms with Crippen molar-refractivity contribution in [3.8, 4) is 0 Å². The first kappa shape index (κ1) is 14.3. The normalized spacial score (nSPS) is 11.9. The molecular weight excluding hydrogens is 228 g/mol. The number of anilines is 2. The standard InChI is InChI=1S/C13H22N4O/c1-4-10(3)17-11(18)6-8-16-13-12(14)9(2)5-7-15-13/h5,7,10H,4,6,8,14H2,1-3H3,(H,15,16)(H,17,18). The third kappa shape index (κ3) is 4.24. The fourth-order valence-electron chi connectivity index (χ4n) is 1.45. The van der Waals surface area contributed by atoms with Gasteiger partial charge in [-0.1, -0.05) is 6.92 Å². The van der Waals surface area contributed by atoms with Gasteiger partial charge >= 0.3 is 0 Å². The summed E-state index contributed by atoms with van der Waals surface area (Å²) in [5.74, 6) is 0.689. The average Bonchev–Trinajstić information content (AvgIpc) is 2.34. The van der Waals surface area contributed by atoms with Crippen LogP contribution in [0, 0.1) is 6.92 Å². The summed E-state index contributed by atoms with van der Waals surface area (Å²) in [6, 6.07) is 2.08. The molecule has 1 atom stereocenters. The Labute approximate surface area is 108 Å². The number of aryl methyl sites for hydroxylation is 1. The Morgan fingerprint density at radius 1 is 1.56 bits per heavy atom. The van der Waals surface area contributed by atoms with Gasteiger partial charge in [-0.25, -0.2) is 4.98 Å². The number of nitrogen functional groups attached to an aromatic ring is 1. The minimum atomic E-state index is 0.0445. The van der Waals surface area contributed by atoms with Crippen LogP contribution in [0.4, 0.5) is 11.5 Å². The van der Waals surface area contributed by atoms with E-state index in [4.69, 9.17) is 5.73 Å². The van der Waals surface area contributed by atoms with Gasteiger partial charge in [0.2, 0.25) is 5.91 Å². The van der Waals surface area contributed by atoms with Gasteiger partial charge in [-0.15, -0.1) is 0 Å². The van der Waals surface area contributed by atoms with Crippen molar-refractivity contribution in [2.24, 2.45) is 0 Å². The van der Waals surface area contributed by atoms with Gasteiger partial charge in [-0.2, -0.15) is 0 Å². The summed E-state index contributed by atoms with van der Waals surface area (Å²) in [5, 5.41) is 5.99. The molecule has 0 saturated carbocycles. The van der Waals surface area contributed by atoms with Crippen LogP contribution >= 0.6 is 0 Å². The SMILES string of the molecule is CCC(C)NC(=O)CCNc1nccc(C)c1N. The lowest BCUT2D eigenvalue weighted by Crippen LogP contribution is -2.33. The van der Waals surface area contributed by atoms with E-state index in [0.29, 0.717) is 24.5 Å². The van der Waals surface area contributed by atoms with Gasteiger partial charge in [0, 0.05) is 25.2 Å². The van der Waals surface area contributed by atoms with Gasteiger partial charge in [-0.3, -0.25) is 4.79 Å². The van der Waals surface area contributed by atoms with Crippen molar-refractivity contribution in [1.82, 2.24) is 10.3 Å². The lowest BCUT2D eigenvalue weighted by atomic mass is 10.2. The molecule has 5 nitrogen and oxygen atoms in total. The fraction of sp³-hybridized carbons (Fsp3) is 0.538. The number of hydrogen-bond donors (Lipinski definition) is 3. The second-order valence-corrected chi connectivity index (χ2v) is 4.44. The van der Waals surface area contributed by atoms with Crippen LogP contribution in [0.15, 0.2) is 12.3 Å².